The van der Waals surface area contributed by atoms with Crippen LogP contribution in [0.3, 0.4) is 0 Å². The molecule has 2 aromatic rings. The predicted octanol–water partition coefficient (Wildman–Crippen LogP) is 2.76. The first-order valence-electron chi connectivity index (χ1n) is 11.8. The highest BCUT2D eigenvalue weighted by Gasteiger charge is 2.26. The van der Waals surface area contributed by atoms with Crippen molar-refractivity contribution in [1.29, 1.82) is 0 Å². The van der Waals surface area contributed by atoms with Crippen LogP contribution in [0, 0.1) is 0 Å². The van der Waals surface area contributed by atoms with Gasteiger partial charge in [0.25, 0.3) is 5.91 Å². The Morgan fingerprint density at radius 1 is 1.12 bits per heavy atom. The maximum Gasteiger partial charge on any atom is 0.271 e. The van der Waals surface area contributed by atoms with Crippen LogP contribution in [0.1, 0.15) is 54.1 Å². The van der Waals surface area contributed by atoms with Gasteiger partial charge in [0.15, 0.2) is 11.5 Å². The van der Waals surface area contributed by atoms with Gasteiger partial charge in [0.2, 0.25) is 5.91 Å². The minimum atomic E-state index is -0.641. The van der Waals surface area contributed by atoms with Crippen LogP contribution in [0.5, 0.6) is 0 Å². The average molecular weight is 464 g/mol. The predicted molar refractivity (Wildman–Crippen MR) is 133 cm³/mol. The van der Waals surface area contributed by atoms with Crippen LogP contribution in [-0.2, 0) is 4.79 Å². The molecule has 0 spiro atoms. The third-order valence-electron chi connectivity index (χ3n) is 6.69. The van der Waals surface area contributed by atoms with E-state index in [2.05, 4.69) is 56.6 Å². The van der Waals surface area contributed by atoms with Crippen molar-refractivity contribution < 1.29 is 9.59 Å². The molecule has 4 rings (SSSR count). The van der Waals surface area contributed by atoms with E-state index in [1.165, 1.54) is 17.8 Å². The Labute approximate surface area is 200 Å². The molecule has 1 aromatic carbocycles. The SMILES string of the molecule is C=CC(=O)NC1CC[C@@H](Nc2cnc(C(N)=O)c(Nc3ccc(C4CCN(C)CC4)cc3)n2)C1. The lowest BCUT2D eigenvalue weighted by atomic mass is 9.89. The van der Waals surface area contributed by atoms with Gasteiger partial charge in [-0.2, -0.15) is 0 Å². The number of anilines is 3. The van der Waals surface area contributed by atoms with E-state index in [0.29, 0.717) is 17.6 Å². The van der Waals surface area contributed by atoms with E-state index in [1.807, 2.05) is 12.1 Å². The van der Waals surface area contributed by atoms with Gasteiger partial charge >= 0.3 is 0 Å². The first-order valence-corrected chi connectivity index (χ1v) is 11.8. The van der Waals surface area contributed by atoms with Gasteiger partial charge < -0.3 is 26.6 Å². The molecule has 2 atom stereocenters. The molecular formula is C25H33N7O2. The second-order valence-corrected chi connectivity index (χ2v) is 9.21. The van der Waals surface area contributed by atoms with E-state index < -0.39 is 5.91 Å². The highest BCUT2D eigenvalue weighted by molar-refractivity contribution is 5.96. The molecule has 2 heterocycles. The summed E-state index contributed by atoms with van der Waals surface area (Å²) < 4.78 is 0. The zero-order chi connectivity index (χ0) is 24.1. The maximum absolute atomic E-state index is 11.9. The molecule has 2 aliphatic rings. The summed E-state index contributed by atoms with van der Waals surface area (Å²) in [6, 6.07) is 8.52. The first kappa shape index (κ1) is 23.7. The van der Waals surface area contributed by atoms with Gasteiger partial charge in [0, 0.05) is 17.8 Å². The quantitative estimate of drug-likeness (QED) is 0.444. The Morgan fingerprint density at radius 2 is 1.82 bits per heavy atom. The fourth-order valence-corrected chi connectivity index (χ4v) is 4.76. The Morgan fingerprint density at radius 3 is 2.50 bits per heavy atom. The van der Waals surface area contributed by atoms with Crippen LogP contribution < -0.4 is 21.7 Å². The second-order valence-electron chi connectivity index (χ2n) is 9.21. The Balaban J connectivity index is 1.43. The molecule has 180 valence electrons. The van der Waals surface area contributed by atoms with Crippen LogP contribution >= 0.6 is 0 Å². The normalized spacial score (nSPS) is 21.1. The number of piperidine rings is 1. The van der Waals surface area contributed by atoms with Crippen molar-refractivity contribution in [3.05, 3.63) is 54.4 Å². The number of likely N-dealkylation sites (tertiary alicyclic amines) is 1. The summed E-state index contributed by atoms with van der Waals surface area (Å²) >= 11 is 0. The van der Waals surface area contributed by atoms with Crippen molar-refractivity contribution in [2.45, 2.75) is 50.1 Å². The van der Waals surface area contributed by atoms with Crippen LogP contribution in [-0.4, -0.2) is 58.9 Å². The molecular weight excluding hydrogens is 430 g/mol. The van der Waals surface area contributed by atoms with Gasteiger partial charge in [-0.3, -0.25) is 9.59 Å². The number of rotatable bonds is 8. The number of aromatic nitrogens is 2. The topological polar surface area (TPSA) is 125 Å². The molecule has 0 bridgehead atoms. The number of hydrogen-bond donors (Lipinski definition) is 4. The monoisotopic (exact) mass is 463 g/mol. The third-order valence-corrected chi connectivity index (χ3v) is 6.69. The zero-order valence-corrected chi connectivity index (χ0v) is 19.6. The van der Waals surface area contributed by atoms with E-state index in [9.17, 15) is 9.59 Å². The number of primary amides is 1. The number of nitrogens with zero attached hydrogens (tertiary/aromatic N) is 3. The van der Waals surface area contributed by atoms with Gasteiger partial charge in [0.1, 0.15) is 5.82 Å². The van der Waals surface area contributed by atoms with Crippen LogP contribution in [0.2, 0.25) is 0 Å². The van der Waals surface area contributed by atoms with Gasteiger partial charge in [-0.15, -0.1) is 0 Å². The molecule has 5 N–H and O–H groups in total. The summed E-state index contributed by atoms with van der Waals surface area (Å²) in [5.74, 6) is 0.641. The van der Waals surface area contributed by atoms with E-state index in [0.717, 1.165) is 50.9 Å². The van der Waals surface area contributed by atoms with Crippen LogP contribution in [0.25, 0.3) is 0 Å². The van der Waals surface area contributed by atoms with E-state index >= 15 is 0 Å². The largest absolute Gasteiger partial charge is 0.366 e. The molecule has 1 aliphatic heterocycles. The number of benzene rings is 1. The fourth-order valence-electron chi connectivity index (χ4n) is 4.76. The van der Waals surface area contributed by atoms with Crippen molar-refractivity contribution in [3.8, 4) is 0 Å². The Bertz CT molecular complexity index is 1030. The molecule has 9 heteroatoms. The van der Waals surface area contributed by atoms with Crippen molar-refractivity contribution >= 4 is 29.1 Å². The van der Waals surface area contributed by atoms with Crippen molar-refractivity contribution in [2.24, 2.45) is 5.73 Å². The zero-order valence-electron chi connectivity index (χ0n) is 19.6. The first-order chi connectivity index (χ1) is 16.4. The summed E-state index contributed by atoms with van der Waals surface area (Å²) in [7, 11) is 2.16. The van der Waals surface area contributed by atoms with Crippen LogP contribution in [0.4, 0.5) is 17.3 Å². The minimum absolute atomic E-state index is 0.0903. The molecule has 1 aromatic heterocycles. The number of carbonyl (C=O) groups is 2. The minimum Gasteiger partial charge on any atom is -0.366 e. The molecule has 34 heavy (non-hydrogen) atoms. The van der Waals surface area contributed by atoms with Gasteiger partial charge in [0.05, 0.1) is 6.20 Å². The number of nitrogens with one attached hydrogen (secondary N) is 3. The highest BCUT2D eigenvalue weighted by Crippen LogP contribution is 2.29. The van der Waals surface area contributed by atoms with Gasteiger partial charge in [-0.1, -0.05) is 18.7 Å². The number of nitrogens with two attached hydrogens (primary N) is 1. The summed E-state index contributed by atoms with van der Waals surface area (Å²) in [6.07, 6.45) is 7.67. The Hall–Kier alpha value is -3.46. The third kappa shape index (κ3) is 5.91. The molecule has 1 saturated carbocycles. The molecule has 1 aliphatic carbocycles. The summed E-state index contributed by atoms with van der Waals surface area (Å²) in [5, 5.41) is 9.51. The smallest absolute Gasteiger partial charge is 0.271 e. The molecule has 2 amide bonds. The van der Waals surface area contributed by atoms with Crippen molar-refractivity contribution in [2.75, 3.05) is 30.8 Å². The fraction of sp³-hybridized carbons (Fsp3) is 0.440. The maximum atomic E-state index is 11.9. The molecule has 0 radical (unpaired) electrons. The Kier molecular flexibility index (Phi) is 7.42. The lowest BCUT2D eigenvalue weighted by molar-refractivity contribution is -0.117. The highest BCUT2D eigenvalue weighted by atomic mass is 16.2. The summed E-state index contributed by atoms with van der Waals surface area (Å²) in [6.45, 7) is 5.73. The standard InChI is InChI=1S/C25H33N7O2/c1-3-22(33)29-20-9-8-19(14-20)28-21-15-27-23(24(26)34)25(31-21)30-18-6-4-16(5-7-18)17-10-12-32(2)13-11-17/h3-7,15,17,19-20H,1,8-14H2,2H3,(H2,26,34)(H,29,33)(H2,28,30,31)/t19-,20?/m1/s1. The van der Waals surface area contributed by atoms with Crippen molar-refractivity contribution in [3.63, 3.8) is 0 Å². The number of amides is 2. The van der Waals surface area contributed by atoms with E-state index in [-0.39, 0.29) is 23.7 Å². The number of hydrogen-bond acceptors (Lipinski definition) is 7. The van der Waals surface area contributed by atoms with Gasteiger partial charge in [-0.05, 0) is 81.9 Å². The molecule has 2 fully saturated rings. The molecule has 1 unspecified atom stereocenters. The summed E-state index contributed by atoms with van der Waals surface area (Å²) in [5.41, 5.74) is 7.78. The van der Waals surface area contributed by atoms with E-state index in [4.69, 9.17) is 5.73 Å². The molecule has 9 nitrogen and oxygen atoms in total. The lowest BCUT2D eigenvalue weighted by Gasteiger charge is -2.29. The number of carbonyl (C=O) groups excluding carboxylic acids is 2. The lowest BCUT2D eigenvalue weighted by Crippen LogP contribution is -2.32. The average Bonchev–Trinajstić information content (AvgIpc) is 3.26. The molecule has 1 saturated heterocycles. The van der Waals surface area contributed by atoms with E-state index in [1.54, 1.807) is 0 Å². The van der Waals surface area contributed by atoms with Crippen molar-refractivity contribution in [1.82, 2.24) is 20.2 Å². The summed E-state index contributed by atoms with van der Waals surface area (Å²) in [4.78, 5) is 34.7. The van der Waals surface area contributed by atoms with Crippen LogP contribution in [0.15, 0.2) is 43.1 Å². The van der Waals surface area contributed by atoms with Gasteiger partial charge in [-0.25, -0.2) is 9.97 Å². The second kappa shape index (κ2) is 10.6.